The zero-order chi connectivity index (χ0) is 20.6. The van der Waals surface area contributed by atoms with Crippen molar-refractivity contribution < 1.29 is 19.1 Å². The second-order valence-corrected chi connectivity index (χ2v) is 6.16. The third kappa shape index (κ3) is 5.32. The minimum atomic E-state index is -0.463. The van der Waals surface area contributed by atoms with Crippen molar-refractivity contribution in [3.8, 4) is 5.75 Å². The summed E-state index contributed by atoms with van der Waals surface area (Å²) in [5.41, 5.74) is 2.37. The Morgan fingerprint density at radius 3 is 2.48 bits per heavy atom. The molecule has 7 heteroatoms. The fourth-order valence-corrected chi connectivity index (χ4v) is 2.65. The third-order valence-electron chi connectivity index (χ3n) is 4.20. The van der Waals surface area contributed by atoms with Crippen molar-refractivity contribution in [3.63, 3.8) is 0 Å². The molecule has 3 aromatic rings. The maximum atomic E-state index is 12.6. The van der Waals surface area contributed by atoms with Gasteiger partial charge in [0.05, 0.1) is 19.8 Å². The van der Waals surface area contributed by atoms with Crippen LogP contribution >= 0.6 is 0 Å². The quantitative estimate of drug-likeness (QED) is 0.597. The highest BCUT2D eigenvalue weighted by atomic mass is 16.5. The predicted molar refractivity (Wildman–Crippen MR) is 110 cm³/mol. The van der Waals surface area contributed by atoms with Crippen LogP contribution < -0.4 is 15.4 Å². The summed E-state index contributed by atoms with van der Waals surface area (Å²) < 4.78 is 9.84. The lowest BCUT2D eigenvalue weighted by molar-refractivity contribution is 0.0600. The lowest BCUT2D eigenvalue weighted by Crippen LogP contribution is -2.13. The first-order chi connectivity index (χ1) is 14.1. The van der Waals surface area contributed by atoms with E-state index in [0.717, 1.165) is 11.3 Å². The Morgan fingerprint density at radius 1 is 0.966 bits per heavy atom. The summed E-state index contributed by atoms with van der Waals surface area (Å²) in [6.45, 7) is 0.559. The Bertz CT molecular complexity index is 1000. The molecule has 29 heavy (non-hydrogen) atoms. The highest BCUT2D eigenvalue weighted by Gasteiger charge is 2.10. The Hall–Kier alpha value is -3.87. The number of anilines is 2. The van der Waals surface area contributed by atoms with E-state index in [1.807, 2.05) is 24.3 Å². The highest BCUT2D eigenvalue weighted by molar-refractivity contribution is 6.05. The maximum Gasteiger partial charge on any atom is 0.337 e. The van der Waals surface area contributed by atoms with Crippen LogP contribution in [-0.2, 0) is 11.3 Å². The van der Waals surface area contributed by atoms with Crippen molar-refractivity contribution in [2.75, 3.05) is 24.9 Å². The molecule has 0 unspecified atom stereocenters. The molecule has 0 aliphatic carbocycles. The van der Waals surface area contributed by atoms with Gasteiger partial charge in [-0.15, -0.1) is 0 Å². The molecule has 0 saturated carbocycles. The van der Waals surface area contributed by atoms with Gasteiger partial charge in [-0.2, -0.15) is 0 Å². The van der Waals surface area contributed by atoms with Gasteiger partial charge >= 0.3 is 5.97 Å². The van der Waals surface area contributed by atoms with Gasteiger partial charge in [-0.3, -0.25) is 4.79 Å². The topological polar surface area (TPSA) is 89.5 Å². The molecule has 1 amide bonds. The molecule has 148 valence electrons. The molecule has 0 aliphatic heterocycles. The Kier molecular flexibility index (Phi) is 6.42. The molecule has 0 aliphatic rings. The van der Waals surface area contributed by atoms with E-state index in [4.69, 9.17) is 9.47 Å². The van der Waals surface area contributed by atoms with Crippen molar-refractivity contribution in [1.29, 1.82) is 0 Å². The van der Waals surface area contributed by atoms with Crippen molar-refractivity contribution >= 4 is 23.4 Å². The van der Waals surface area contributed by atoms with Crippen LogP contribution in [-0.4, -0.2) is 31.1 Å². The summed E-state index contributed by atoms with van der Waals surface area (Å²) in [5, 5.41) is 5.97. The lowest BCUT2D eigenvalue weighted by Gasteiger charge is -2.09. The van der Waals surface area contributed by atoms with Gasteiger partial charge in [0.25, 0.3) is 5.91 Å². The highest BCUT2D eigenvalue weighted by Crippen LogP contribution is 2.16. The van der Waals surface area contributed by atoms with E-state index in [0.29, 0.717) is 29.2 Å². The summed E-state index contributed by atoms with van der Waals surface area (Å²) >= 11 is 0. The first-order valence-corrected chi connectivity index (χ1v) is 8.91. The molecule has 3 rings (SSSR count). The SMILES string of the molecule is COC(=O)c1cccc(NC(=O)c2ccnc(NCc3ccc(OC)cc3)c2)c1. The van der Waals surface area contributed by atoms with Crippen LogP contribution in [0.1, 0.15) is 26.3 Å². The molecule has 1 aromatic heterocycles. The van der Waals surface area contributed by atoms with Crippen LogP contribution in [0.5, 0.6) is 5.75 Å². The van der Waals surface area contributed by atoms with Crippen LogP contribution in [0.25, 0.3) is 0 Å². The van der Waals surface area contributed by atoms with E-state index in [1.165, 1.54) is 7.11 Å². The predicted octanol–water partition coefficient (Wildman–Crippen LogP) is 3.74. The van der Waals surface area contributed by atoms with Gasteiger partial charge in [-0.1, -0.05) is 18.2 Å². The van der Waals surface area contributed by atoms with E-state index < -0.39 is 5.97 Å². The molecule has 2 N–H and O–H groups in total. The number of nitrogens with one attached hydrogen (secondary N) is 2. The number of methoxy groups -OCH3 is 2. The zero-order valence-electron chi connectivity index (χ0n) is 16.1. The molecule has 2 aromatic carbocycles. The van der Waals surface area contributed by atoms with Gasteiger partial charge in [0.1, 0.15) is 11.6 Å². The number of hydrogen-bond donors (Lipinski definition) is 2. The van der Waals surface area contributed by atoms with Crippen LogP contribution in [0.15, 0.2) is 66.9 Å². The summed E-state index contributed by atoms with van der Waals surface area (Å²) in [6, 6.07) is 17.5. The number of pyridine rings is 1. The summed E-state index contributed by atoms with van der Waals surface area (Å²) in [7, 11) is 2.93. The number of carbonyl (C=O) groups excluding carboxylic acids is 2. The third-order valence-corrected chi connectivity index (χ3v) is 4.20. The van der Waals surface area contributed by atoms with Gasteiger partial charge in [0.15, 0.2) is 0 Å². The second-order valence-electron chi connectivity index (χ2n) is 6.16. The number of benzene rings is 2. The molecule has 0 bridgehead atoms. The van der Waals surface area contributed by atoms with Crippen LogP contribution in [0.3, 0.4) is 0 Å². The average Bonchev–Trinajstić information content (AvgIpc) is 2.77. The molecule has 0 radical (unpaired) electrons. The van der Waals surface area contributed by atoms with E-state index >= 15 is 0 Å². The van der Waals surface area contributed by atoms with Crippen LogP contribution in [0, 0.1) is 0 Å². The lowest BCUT2D eigenvalue weighted by atomic mass is 10.2. The summed E-state index contributed by atoms with van der Waals surface area (Å²) in [6.07, 6.45) is 1.57. The fraction of sp³-hybridized carbons (Fsp3) is 0.136. The second kappa shape index (κ2) is 9.36. The number of ether oxygens (including phenoxy) is 2. The van der Waals surface area contributed by atoms with Gasteiger partial charge in [0.2, 0.25) is 0 Å². The standard InChI is InChI=1S/C22H21N3O4/c1-28-19-8-6-15(7-9-19)14-24-20-13-16(10-11-23-20)21(26)25-18-5-3-4-17(12-18)22(27)29-2/h3-13H,14H2,1-2H3,(H,23,24)(H,25,26). The molecule has 7 nitrogen and oxygen atoms in total. The Balaban J connectivity index is 1.65. The molecule has 1 heterocycles. The van der Waals surface area contributed by atoms with Gasteiger partial charge in [-0.25, -0.2) is 9.78 Å². The summed E-state index contributed by atoms with van der Waals surface area (Å²) in [5.74, 6) is 0.607. The van der Waals surface area contributed by atoms with Crippen molar-refractivity contribution in [1.82, 2.24) is 4.98 Å². The minimum absolute atomic E-state index is 0.304. The monoisotopic (exact) mass is 391 g/mol. The number of aromatic nitrogens is 1. The number of esters is 1. The van der Waals surface area contributed by atoms with Crippen molar-refractivity contribution in [2.45, 2.75) is 6.54 Å². The van der Waals surface area contributed by atoms with Gasteiger partial charge in [-0.05, 0) is 48.0 Å². The number of amides is 1. The minimum Gasteiger partial charge on any atom is -0.497 e. The van der Waals surface area contributed by atoms with E-state index in [2.05, 4.69) is 15.6 Å². The van der Waals surface area contributed by atoms with E-state index in [9.17, 15) is 9.59 Å². The van der Waals surface area contributed by atoms with Crippen molar-refractivity contribution in [3.05, 3.63) is 83.6 Å². The number of nitrogens with zero attached hydrogens (tertiary/aromatic N) is 1. The number of rotatable bonds is 7. The molecule has 0 atom stereocenters. The Labute approximate surface area is 168 Å². The van der Waals surface area contributed by atoms with Gasteiger partial charge < -0.3 is 20.1 Å². The first-order valence-electron chi connectivity index (χ1n) is 8.91. The number of hydrogen-bond acceptors (Lipinski definition) is 6. The molecule has 0 saturated heterocycles. The normalized spacial score (nSPS) is 10.1. The molecule has 0 fully saturated rings. The number of carbonyl (C=O) groups is 2. The molecular weight excluding hydrogens is 370 g/mol. The smallest absolute Gasteiger partial charge is 0.337 e. The molecular formula is C22H21N3O4. The molecule has 0 spiro atoms. The largest absolute Gasteiger partial charge is 0.497 e. The Morgan fingerprint density at radius 2 is 1.76 bits per heavy atom. The maximum absolute atomic E-state index is 12.6. The van der Waals surface area contributed by atoms with Gasteiger partial charge in [0, 0.05) is 24.0 Å². The average molecular weight is 391 g/mol. The fourth-order valence-electron chi connectivity index (χ4n) is 2.65. The summed E-state index contributed by atoms with van der Waals surface area (Å²) in [4.78, 5) is 28.4. The van der Waals surface area contributed by atoms with E-state index in [1.54, 1.807) is 49.7 Å². The van der Waals surface area contributed by atoms with Crippen LogP contribution in [0.4, 0.5) is 11.5 Å². The van der Waals surface area contributed by atoms with Crippen LogP contribution in [0.2, 0.25) is 0 Å². The van der Waals surface area contributed by atoms with Crippen molar-refractivity contribution in [2.24, 2.45) is 0 Å². The first kappa shape index (κ1) is 19.9. The zero-order valence-corrected chi connectivity index (χ0v) is 16.1. The van der Waals surface area contributed by atoms with E-state index in [-0.39, 0.29) is 5.91 Å².